The average molecular weight is 290 g/mol. The van der Waals surface area contributed by atoms with Crippen LogP contribution in [0, 0.1) is 0 Å². The molecule has 21 heavy (non-hydrogen) atoms. The Balaban J connectivity index is 2.66. The second-order valence-corrected chi connectivity index (χ2v) is 4.49. The van der Waals surface area contributed by atoms with E-state index in [0.717, 1.165) is 12.8 Å². The molecular weight excluding hydrogens is 268 g/mol. The van der Waals surface area contributed by atoms with Gasteiger partial charge in [0.1, 0.15) is 0 Å². The van der Waals surface area contributed by atoms with Crippen molar-refractivity contribution >= 4 is 11.9 Å². The highest BCUT2D eigenvalue weighted by Gasteiger charge is 2.18. The van der Waals surface area contributed by atoms with Gasteiger partial charge in [0.05, 0.1) is 24.3 Å². The van der Waals surface area contributed by atoms with Crippen LogP contribution in [0.5, 0.6) is 0 Å². The van der Waals surface area contributed by atoms with Gasteiger partial charge in [-0.3, -0.25) is 0 Å². The number of carbonyl (C=O) groups is 2. The molecule has 0 heterocycles. The van der Waals surface area contributed by atoms with Crippen LogP contribution in [0.4, 0.5) is 0 Å². The van der Waals surface area contributed by atoms with Crippen molar-refractivity contribution in [3.63, 3.8) is 0 Å². The predicted octanol–water partition coefficient (Wildman–Crippen LogP) is 3.77. The number of esters is 2. The molecule has 114 valence electrons. The van der Waals surface area contributed by atoms with Gasteiger partial charge >= 0.3 is 11.9 Å². The van der Waals surface area contributed by atoms with E-state index in [9.17, 15) is 9.59 Å². The van der Waals surface area contributed by atoms with Gasteiger partial charge in [0.15, 0.2) is 0 Å². The van der Waals surface area contributed by atoms with Gasteiger partial charge in [0.2, 0.25) is 0 Å². The van der Waals surface area contributed by atoms with Crippen molar-refractivity contribution in [3.05, 3.63) is 47.5 Å². The van der Waals surface area contributed by atoms with E-state index in [1.54, 1.807) is 24.3 Å². The molecule has 1 aromatic rings. The van der Waals surface area contributed by atoms with Gasteiger partial charge in [-0.2, -0.15) is 0 Å². The van der Waals surface area contributed by atoms with Gasteiger partial charge in [-0.25, -0.2) is 9.59 Å². The number of ether oxygens (including phenoxy) is 2. The lowest BCUT2D eigenvalue weighted by molar-refractivity contribution is 0.0461. The van der Waals surface area contributed by atoms with E-state index in [4.69, 9.17) is 9.47 Å². The van der Waals surface area contributed by atoms with Gasteiger partial charge in [-0.1, -0.05) is 38.1 Å². The van der Waals surface area contributed by atoms with Crippen molar-refractivity contribution in [2.24, 2.45) is 0 Å². The predicted molar refractivity (Wildman–Crippen MR) is 81.3 cm³/mol. The van der Waals surface area contributed by atoms with E-state index in [-0.39, 0.29) is 11.1 Å². The normalized spacial score (nSPS) is 10.6. The number of rotatable bonds is 8. The molecule has 0 aliphatic carbocycles. The highest BCUT2D eigenvalue weighted by molar-refractivity contribution is 6.03. The summed E-state index contributed by atoms with van der Waals surface area (Å²) in [5.74, 6) is -0.987. The fraction of sp³-hybridized carbons (Fsp3) is 0.412. The Morgan fingerprint density at radius 2 is 1.52 bits per heavy atom. The average Bonchev–Trinajstić information content (AvgIpc) is 2.52. The molecule has 0 bridgehead atoms. The molecule has 1 rings (SSSR count). The Morgan fingerprint density at radius 1 is 0.952 bits per heavy atom. The molecule has 0 amide bonds. The van der Waals surface area contributed by atoms with Crippen LogP contribution in [-0.2, 0) is 9.47 Å². The first-order valence-electron chi connectivity index (χ1n) is 7.29. The number of allylic oxidation sites excluding steroid dienone is 1. The summed E-state index contributed by atoms with van der Waals surface area (Å²) < 4.78 is 10.2. The summed E-state index contributed by atoms with van der Waals surface area (Å²) in [5, 5.41) is 0. The lowest BCUT2D eigenvalue weighted by atomic mass is 10.1. The zero-order valence-electron chi connectivity index (χ0n) is 12.6. The standard InChI is InChI=1S/C17H22O4/c1-3-5-6-9-13-21-17(19)15-11-8-7-10-14(15)16(18)20-12-4-2/h5-8,10-11H,3-4,9,12-13H2,1-2H3/b6-5+. The number of carbonyl (C=O) groups excluding carboxylic acids is 2. The van der Waals surface area contributed by atoms with Crippen LogP contribution >= 0.6 is 0 Å². The molecule has 0 aliphatic rings. The van der Waals surface area contributed by atoms with E-state index in [2.05, 4.69) is 0 Å². The van der Waals surface area contributed by atoms with Crippen LogP contribution < -0.4 is 0 Å². The molecule has 0 aromatic heterocycles. The van der Waals surface area contributed by atoms with Crippen LogP contribution in [0.25, 0.3) is 0 Å². The molecule has 0 unspecified atom stereocenters. The summed E-state index contributed by atoms with van der Waals surface area (Å²) in [5.41, 5.74) is 0.498. The Kier molecular flexibility index (Phi) is 7.87. The van der Waals surface area contributed by atoms with E-state index in [1.807, 2.05) is 26.0 Å². The second-order valence-electron chi connectivity index (χ2n) is 4.49. The Morgan fingerprint density at radius 3 is 2.05 bits per heavy atom. The summed E-state index contributed by atoms with van der Waals surface area (Å²) in [7, 11) is 0. The third kappa shape index (κ3) is 5.81. The fourth-order valence-electron chi connectivity index (χ4n) is 1.69. The molecule has 0 fully saturated rings. The van der Waals surface area contributed by atoms with Gasteiger partial charge in [-0.05, 0) is 31.4 Å². The van der Waals surface area contributed by atoms with Crippen molar-refractivity contribution in [1.82, 2.24) is 0 Å². The Bertz CT molecular complexity index is 491. The second kappa shape index (κ2) is 9.75. The SMILES string of the molecule is CC/C=C/CCOC(=O)c1ccccc1C(=O)OCCC. The Labute approximate surface area is 125 Å². The summed E-state index contributed by atoms with van der Waals surface area (Å²) >= 11 is 0. The maximum absolute atomic E-state index is 12.0. The summed E-state index contributed by atoms with van der Waals surface area (Å²) in [6.07, 6.45) is 6.35. The van der Waals surface area contributed by atoms with Crippen LogP contribution in [0.15, 0.2) is 36.4 Å². The molecule has 0 spiro atoms. The molecule has 1 aromatic carbocycles. The fourth-order valence-corrected chi connectivity index (χ4v) is 1.69. The first-order valence-corrected chi connectivity index (χ1v) is 7.29. The minimum Gasteiger partial charge on any atom is -0.462 e. The minimum absolute atomic E-state index is 0.248. The Hall–Kier alpha value is -2.10. The molecule has 0 aliphatic heterocycles. The van der Waals surface area contributed by atoms with Crippen molar-refractivity contribution < 1.29 is 19.1 Å². The van der Waals surface area contributed by atoms with Gasteiger partial charge < -0.3 is 9.47 Å². The van der Waals surface area contributed by atoms with Crippen LogP contribution in [0.3, 0.4) is 0 Å². The largest absolute Gasteiger partial charge is 0.462 e. The van der Waals surface area contributed by atoms with Crippen LogP contribution in [0.1, 0.15) is 53.8 Å². The maximum Gasteiger partial charge on any atom is 0.339 e. The van der Waals surface area contributed by atoms with Gasteiger partial charge in [0, 0.05) is 0 Å². The summed E-state index contributed by atoms with van der Waals surface area (Å²) in [4.78, 5) is 23.9. The molecule has 0 radical (unpaired) electrons. The van der Waals surface area contributed by atoms with E-state index < -0.39 is 11.9 Å². The van der Waals surface area contributed by atoms with Crippen LogP contribution in [-0.4, -0.2) is 25.2 Å². The lowest BCUT2D eigenvalue weighted by Crippen LogP contribution is -2.14. The molecule has 4 heteroatoms. The third-order valence-electron chi connectivity index (χ3n) is 2.72. The van der Waals surface area contributed by atoms with E-state index >= 15 is 0 Å². The topological polar surface area (TPSA) is 52.6 Å². The summed E-state index contributed by atoms with van der Waals surface area (Å²) in [6.45, 7) is 4.59. The molecule has 0 saturated carbocycles. The zero-order chi connectivity index (χ0) is 15.5. The van der Waals surface area contributed by atoms with Gasteiger partial charge in [-0.15, -0.1) is 0 Å². The number of hydrogen-bond donors (Lipinski definition) is 0. The highest BCUT2D eigenvalue weighted by Crippen LogP contribution is 2.12. The van der Waals surface area contributed by atoms with Crippen molar-refractivity contribution in [2.75, 3.05) is 13.2 Å². The van der Waals surface area contributed by atoms with E-state index in [0.29, 0.717) is 19.6 Å². The molecule has 0 saturated heterocycles. The number of hydrogen-bond acceptors (Lipinski definition) is 4. The van der Waals surface area contributed by atoms with Crippen molar-refractivity contribution in [1.29, 1.82) is 0 Å². The van der Waals surface area contributed by atoms with Crippen molar-refractivity contribution in [2.45, 2.75) is 33.1 Å². The third-order valence-corrected chi connectivity index (χ3v) is 2.72. The molecule has 0 N–H and O–H groups in total. The maximum atomic E-state index is 12.0. The monoisotopic (exact) mass is 290 g/mol. The molecular formula is C17H22O4. The number of benzene rings is 1. The zero-order valence-corrected chi connectivity index (χ0v) is 12.6. The van der Waals surface area contributed by atoms with Crippen molar-refractivity contribution in [3.8, 4) is 0 Å². The quantitative estimate of drug-likeness (QED) is 0.415. The first kappa shape index (κ1) is 17.0. The first-order chi connectivity index (χ1) is 10.2. The molecule has 0 atom stereocenters. The lowest BCUT2D eigenvalue weighted by Gasteiger charge is -2.08. The minimum atomic E-state index is -0.496. The summed E-state index contributed by atoms with van der Waals surface area (Å²) in [6, 6.07) is 6.55. The smallest absolute Gasteiger partial charge is 0.339 e. The van der Waals surface area contributed by atoms with Gasteiger partial charge in [0.25, 0.3) is 0 Å². The highest BCUT2D eigenvalue weighted by atomic mass is 16.5. The van der Waals surface area contributed by atoms with Crippen LogP contribution in [0.2, 0.25) is 0 Å². The molecule has 4 nitrogen and oxygen atoms in total. The van der Waals surface area contributed by atoms with E-state index in [1.165, 1.54) is 0 Å².